The van der Waals surface area contributed by atoms with Crippen LogP contribution in [-0.4, -0.2) is 25.2 Å². The molecule has 0 aromatic heterocycles. The van der Waals surface area contributed by atoms with Crippen molar-refractivity contribution < 1.29 is 13.2 Å². The van der Waals surface area contributed by atoms with E-state index in [1.165, 1.54) is 22.5 Å². The van der Waals surface area contributed by atoms with Crippen molar-refractivity contribution in [2.24, 2.45) is 5.73 Å². The largest absolute Gasteiger partial charge is 0.370 e. The van der Waals surface area contributed by atoms with Crippen molar-refractivity contribution in [3.63, 3.8) is 0 Å². The summed E-state index contributed by atoms with van der Waals surface area (Å²) in [5.74, 6) is -0.576. The fraction of sp³-hybridized carbons (Fsp3) is 0.188. The van der Waals surface area contributed by atoms with Crippen LogP contribution in [0.5, 0.6) is 0 Å². The van der Waals surface area contributed by atoms with E-state index < -0.39 is 15.9 Å². The average Bonchev–Trinajstić information content (AvgIpc) is 2.51. The first kappa shape index (κ1) is 18.7. The summed E-state index contributed by atoms with van der Waals surface area (Å²) in [5.41, 5.74) is 5.95. The molecule has 0 unspecified atom stereocenters. The quantitative estimate of drug-likeness (QED) is 0.793. The summed E-state index contributed by atoms with van der Waals surface area (Å²) < 4.78 is 27.0. The molecule has 0 fully saturated rings. The molecular weight excluding hydrogens is 371 g/mol. The van der Waals surface area contributed by atoms with Gasteiger partial charge in [-0.2, -0.15) is 4.31 Å². The number of hydrogen-bond donors (Lipinski definition) is 1. The fourth-order valence-corrected chi connectivity index (χ4v) is 4.29. The summed E-state index contributed by atoms with van der Waals surface area (Å²) in [6, 6.07) is 13.2. The van der Waals surface area contributed by atoms with Crippen molar-refractivity contribution in [1.29, 1.82) is 0 Å². The Bertz CT molecular complexity index is 806. The van der Waals surface area contributed by atoms with E-state index in [0.717, 1.165) is 5.56 Å². The molecular formula is C16H16Cl2N2O3S. The topological polar surface area (TPSA) is 80.5 Å². The lowest BCUT2D eigenvalue weighted by Crippen LogP contribution is -2.33. The highest BCUT2D eigenvalue weighted by Gasteiger charge is 2.25. The lowest BCUT2D eigenvalue weighted by Gasteiger charge is -2.22. The minimum atomic E-state index is -3.88. The number of benzene rings is 2. The number of nitrogens with zero attached hydrogens (tertiary/aromatic N) is 1. The molecule has 128 valence electrons. The maximum Gasteiger partial charge on any atom is 0.243 e. The van der Waals surface area contributed by atoms with Crippen molar-refractivity contribution in [3.05, 3.63) is 64.1 Å². The van der Waals surface area contributed by atoms with Gasteiger partial charge in [0.15, 0.2) is 0 Å². The summed E-state index contributed by atoms with van der Waals surface area (Å²) in [4.78, 5) is 11.1. The smallest absolute Gasteiger partial charge is 0.243 e. The zero-order valence-corrected chi connectivity index (χ0v) is 15.0. The van der Waals surface area contributed by atoms with Crippen molar-refractivity contribution in [2.75, 3.05) is 6.54 Å². The number of carbonyl (C=O) groups excluding carboxylic acids is 1. The van der Waals surface area contributed by atoms with E-state index in [1.54, 1.807) is 12.1 Å². The van der Waals surface area contributed by atoms with Gasteiger partial charge in [0.05, 0.1) is 4.90 Å². The van der Waals surface area contributed by atoms with Crippen LogP contribution >= 0.6 is 23.2 Å². The molecule has 8 heteroatoms. The third-order valence-corrected chi connectivity index (χ3v) is 5.54. The van der Waals surface area contributed by atoms with Gasteiger partial charge in [0.1, 0.15) is 0 Å². The van der Waals surface area contributed by atoms with Crippen LogP contribution in [0.2, 0.25) is 10.0 Å². The summed E-state index contributed by atoms with van der Waals surface area (Å²) in [6.45, 7) is 0.0806. The van der Waals surface area contributed by atoms with Gasteiger partial charge >= 0.3 is 0 Å². The predicted molar refractivity (Wildman–Crippen MR) is 94.3 cm³/mol. The number of rotatable bonds is 7. The second kappa shape index (κ2) is 7.98. The summed E-state index contributed by atoms with van der Waals surface area (Å²) in [7, 11) is -3.88. The first-order valence-corrected chi connectivity index (χ1v) is 9.27. The molecule has 0 radical (unpaired) electrons. The predicted octanol–water partition coefficient (Wildman–Crippen LogP) is 3.06. The van der Waals surface area contributed by atoms with E-state index >= 15 is 0 Å². The highest BCUT2D eigenvalue weighted by atomic mass is 35.5. The maximum absolute atomic E-state index is 12.9. The molecule has 2 aromatic rings. The molecule has 2 N–H and O–H groups in total. The molecule has 0 heterocycles. The molecule has 0 aliphatic heterocycles. The molecule has 5 nitrogen and oxygen atoms in total. The Balaban J connectivity index is 2.38. The molecule has 0 aliphatic carbocycles. The molecule has 2 aromatic carbocycles. The van der Waals surface area contributed by atoms with Gasteiger partial charge in [-0.1, -0.05) is 53.5 Å². The lowest BCUT2D eigenvalue weighted by molar-refractivity contribution is -0.118. The summed E-state index contributed by atoms with van der Waals surface area (Å²) >= 11 is 11.8. The van der Waals surface area contributed by atoms with Gasteiger partial charge < -0.3 is 5.73 Å². The number of hydrogen-bond acceptors (Lipinski definition) is 3. The molecule has 0 aliphatic rings. The first-order chi connectivity index (χ1) is 11.3. The zero-order chi connectivity index (χ0) is 17.7. The van der Waals surface area contributed by atoms with E-state index in [2.05, 4.69) is 0 Å². The standard InChI is InChI=1S/C16H16Cl2N2O3S/c17-13-8-14(18)10-15(9-13)24(22,23)20(7-6-16(19)21)11-12-4-2-1-3-5-12/h1-5,8-10H,6-7,11H2,(H2,19,21). The fourth-order valence-electron chi connectivity index (χ4n) is 2.13. The third kappa shape index (κ3) is 4.95. The number of carbonyl (C=O) groups is 1. The van der Waals surface area contributed by atoms with Crippen LogP contribution in [0.1, 0.15) is 12.0 Å². The Labute approximate surface area is 151 Å². The van der Waals surface area contributed by atoms with E-state index in [1.807, 2.05) is 18.2 Å². The van der Waals surface area contributed by atoms with E-state index in [-0.39, 0.29) is 34.5 Å². The molecule has 0 saturated carbocycles. The minimum absolute atomic E-state index is 0.0274. The Hall–Kier alpha value is -1.60. The molecule has 0 atom stereocenters. The molecule has 2 rings (SSSR count). The van der Waals surface area contributed by atoms with Crippen LogP contribution in [0.4, 0.5) is 0 Å². The Morgan fingerprint density at radius 3 is 2.17 bits per heavy atom. The van der Waals surface area contributed by atoms with Crippen LogP contribution in [0.3, 0.4) is 0 Å². The van der Waals surface area contributed by atoms with Gasteiger partial charge in [-0.25, -0.2) is 8.42 Å². The highest BCUT2D eigenvalue weighted by molar-refractivity contribution is 7.89. The SMILES string of the molecule is NC(=O)CCN(Cc1ccccc1)S(=O)(=O)c1cc(Cl)cc(Cl)c1. The monoisotopic (exact) mass is 386 g/mol. The van der Waals surface area contributed by atoms with Crippen LogP contribution in [-0.2, 0) is 21.4 Å². The molecule has 24 heavy (non-hydrogen) atoms. The summed E-state index contributed by atoms with van der Waals surface area (Å²) in [6.07, 6.45) is -0.0830. The van der Waals surface area contributed by atoms with Gasteiger partial charge in [-0.05, 0) is 23.8 Å². The molecule has 1 amide bonds. The van der Waals surface area contributed by atoms with Gasteiger partial charge in [-0.3, -0.25) is 4.79 Å². The number of primary amides is 1. The Morgan fingerprint density at radius 2 is 1.62 bits per heavy atom. The van der Waals surface area contributed by atoms with Crippen LogP contribution in [0, 0.1) is 0 Å². The van der Waals surface area contributed by atoms with Crippen molar-refractivity contribution in [3.8, 4) is 0 Å². The molecule has 0 saturated heterocycles. The number of sulfonamides is 1. The van der Waals surface area contributed by atoms with E-state index in [9.17, 15) is 13.2 Å². The Morgan fingerprint density at radius 1 is 1.04 bits per heavy atom. The minimum Gasteiger partial charge on any atom is -0.370 e. The van der Waals surface area contributed by atoms with Gasteiger partial charge in [-0.15, -0.1) is 0 Å². The second-order valence-electron chi connectivity index (χ2n) is 5.15. The average molecular weight is 387 g/mol. The van der Waals surface area contributed by atoms with E-state index in [0.29, 0.717) is 0 Å². The first-order valence-electron chi connectivity index (χ1n) is 7.07. The van der Waals surface area contributed by atoms with Crippen molar-refractivity contribution in [1.82, 2.24) is 4.31 Å². The number of amides is 1. The number of nitrogens with two attached hydrogens (primary N) is 1. The second-order valence-corrected chi connectivity index (χ2v) is 7.96. The maximum atomic E-state index is 12.9. The zero-order valence-electron chi connectivity index (χ0n) is 12.7. The third-order valence-electron chi connectivity index (χ3n) is 3.28. The van der Waals surface area contributed by atoms with E-state index in [4.69, 9.17) is 28.9 Å². The van der Waals surface area contributed by atoms with Crippen molar-refractivity contribution >= 4 is 39.1 Å². The van der Waals surface area contributed by atoms with Crippen LogP contribution in [0.25, 0.3) is 0 Å². The normalized spacial score (nSPS) is 11.6. The van der Waals surface area contributed by atoms with Gasteiger partial charge in [0, 0.05) is 29.6 Å². The van der Waals surface area contributed by atoms with Gasteiger partial charge in [0.25, 0.3) is 0 Å². The van der Waals surface area contributed by atoms with Crippen LogP contribution < -0.4 is 5.73 Å². The molecule has 0 spiro atoms. The highest BCUT2D eigenvalue weighted by Crippen LogP contribution is 2.26. The Kier molecular flexibility index (Phi) is 6.23. The lowest BCUT2D eigenvalue weighted by atomic mass is 10.2. The number of halogens is 2. The summed E-state index contributed by atoms with van der Waals surface area (Å²) in [5, 5.41) is 0.436. The van der Waals surface area contributed by atoms with Crippen LogP contribution in [0.15, 0.2) is 53.4 Å². The molecule has 0 bridgehead atoms. The van der Waals surface area contributed by atoms with Gasteiger partial charge in [0.2, 0.25) is 15.9 Å². The van der Waals surface area contributed by atoms with Crippen molar-refractivity contribution in [2.45, 2.75) is 17.9 Å².